The summed E-state index contributed by atoms with van der Waals surface area (Å²) in [6.45, 7) is 4.77. The van der Waals surface area contributed by atoms with Gasteiger partial charge in [0.05, 0.1) is 16.7 Å². The first kappa shape index (κ1) is 16.3. The van der Waals surface area contributed by atoms with Gasteiger partial charge in [0.2, 0.25) is 0 Å². The highest BCUT2D eigenvalue weighted by Gasteiger charge is 2.10. The number of nitrogens with one attached hydrogen (secondary N) is 1. The van der Waals surface area contributed by atoms with E-state index >= 15 is 0 Å². The largest absolute Gasteiger partial charge is 0.505 e. The van der Waals surface area contributed by atoms with Crippen molar-refractivity contribution in [3.63, 3.8) is 0 Å². The molecule has 3 nitrogen and oxygen atoms in total. The van der Waals surface area contributed by atoms with Crippen molar-refractivity contribution in [3.8, 4) is 5.75 Å². The number of nitrogens with zero attached hydrogens (tertiary/aromatic N) is 1. The Morgan fingerprint density at radius 1 is 1.00 bits per heavy atom. The van der Waals surface area contributed by atoms with Gasteiger partial charge in [-0.15, -0.1) is 0 Å². The molecule has 0 aliphatic carbocycles. The van der Waals surface area contributed by atoms with Crippen molar-refractivity contribution in [2.75, 3.05) is 5.32 Å². The smallest absolute Gasteiger partial charge is 0.156 e. The topological polar surface area (TPSA) is 45.1 Å². The zero-order chi connectivity index (χ0) is 16.6. The van der Waals surface area contributed by atoms with Crippen molar-refractivity contribution >= 4 is 48.5 Å². The highest BCUT2D eigenvalue weighted by Crippen LogP contribution is 2.36. The van der Waals surface area contributed by atoms with E-state index in [-0.39, 0.29) is 5.75 Å². The predicted molar refractivity (Wildman–Crippen MR) is 102 cm³/mol. The van der Waals surface area contributed by atoms with Crippen LogP contribution in [0.25, 0.3) is 10.9 Å². The van der Waals surface area contributed by atoms with E-state index in [1.54, 1.807) is 0 Å². The molecule has 2 aromatic carbocycles. The summed E-state index contributed by atoms with van der Waals surface area (Å²) in [5, 5.41) is 14.5. The number of aromatic nitrogens is 1. The molecule has 0 unspecified atom stereocenters. The molecule has 23 heavy (non-hydrogen) atoms. The number of benzene rings is 2. The van der Waals surface area contributed by atoms with Crippen molar-refractivity contribution in [1.82, 2.24) is 4.98 Å². The lowest BCUT2D eigenvalue weighted by Gasteiger charge is -2.10. The van der Waals surface area contributed by atoms with Gasteiger partial charge in [0.1, 0.15) is 5.52 Å². The third-order valence-corrected chi connectivity index (χ3v) is 4.87. The number of aryl methyl sites for hydroxylation is 2. The standard InChI is InChI=1S/C18H16Br2N2O/c1-10-5-11(2)7-13(6-10)21-9-12-3-4-14-15(19)8-16(20)18(23)17(14)22-12/h3-8,21,23H,9H2,1-2H3. The zero-order valence-electron chi connectivity index (χ0n) is 12.8. The molecule has 118 valence electrons. The van der Waals surface area contributed by atoms with Crippen LogP contribution < -0.4 is 5.32 Å². The molecule has 0 bridgehead atoms. The second-order valence-corrected chi connectivity index (χ2v) is 7.33. The van der Waals surface area contributed by atoms with Crippen LogP contribution in [-0.4, -0.2) is 10.1 Å². The highest BCUT2D eigenvalue weighted by molar-refractivity contribution is 9.11. The molecule has 0 fully saturated rings. The van der Waals surface area contributed by atoms with Gasteiger partial charge < -0.3 is 10.4 Å². The average molecular weight is 436 g/mol. The Labute approximate surface area is 152 Å². The molecular formula is C18H16Br2N2O. The van der Waals surface area contributed by atoms with Crippen molar-refractivity contribution in [3.05, 3.63) is 62.2 Å². The third kappa shape index (κ3) is 3.51. The molecule has 5 heteroatoms. The van der Waals surface area contributed by atoms with Crippen molar-refractivity contribution < 1.29 is 5.11 Å². The molecule has 0 aliphatic rings. The number of hydrogen-bond donors (Lipinski definition) is 2. The van der Waals surface area contributed by atoms with Gasteiger partial charge in [-0.05, 0) is 71.2 Å². The van der Waals surface area contributed by atoms with Crippen LogP contribution in [0.15, 0.2) is 45.3 Å². The Balaban J connectivity index is 1.90. The summed E-state index contributed by atoms with van der Waals surface area (Å²) in [4.78, 5) is 4.58. The quantitative estimate of drug-likeness (QED) is 0.555. The van der Waals surface area contributed by atoms with Crippen molar-refractivity contribution in [1.29, 1.82) is 0 Å². The monoisotopic (exact) mass is 434 g/mol. The van der Waals surface area contributed by atoms with Gasteiger partial charge >= 0.3 is 0 Å². The number of phenolic OH excluding ortho intramolecular Hbond substituents is 1. The maximum atomic E-state index is 10.2. The first-order chi connectivity index (χ1) is 10.9. The summed E-state index contributed by atoms with van der Waals surface area (Å²) >= 11 is 6.85. The van der Waals surface area contributed by atoms with E-state index in [0.717, 1.165) is 21.2 Å². The summed E-state index contributed by atoms with van der Waals surface area (Å²) in [5.74, 6) is 0.163. The minimum Gasteiger partial charge on any atom is -0.505 e. The van der Waals surface area contributed by atoms with Gasteiger partial charge in [-0.2, -0.15) is 0 Å². The molecule has 0 saturated carbocycles. The Morgan fingerprint density at radius 2 is 1.70 bits per heavy atom. The molecular weight excluding hydrogens is 420 g/mol. The van der Waals surface area contributed by atoms with E-state index in [2.05, 4.69) is 74.2 Å². The minimum absolute atomic E-state index is 0.163. The molecule has 0 spiro atoms. The molecule has 3 rings (SSSR count). The minimum atomic E-state index is 0.163. The van der Waals surface area contributed by atoms with Crippen LogP contribution >= 0.6 is 31.9 Å². The number of anilines is 1. The molecule has 1 aromatic heterocycles. The normalized spacial score (nSPS) is 11.0. The van der Waals surface area contributed by atoms with E-state index in [0.29, 0.717) is 16.5 Å². The predicted octanol–water partition coefficient (Wildman–Crippen LogP) is 5.69. The summed E-state index contributed by atoms with van der Waals surface area (Å²) in [7, 11) is 0. The lowest BCUT2D eigenvalue weighted by atomic mass is 10.1. The zero-order valence-corrected chi connectivity index (χ0v) is 16.0. The molecule has 0 saturated heterocycles. The molecule has 1 heterocycles. The van der Waals surface area contributed by atoms with E-state index in [4.69, 9.17) is 0 Å². The molecule has 3 aromatic rings. The van der Waals surface area contributed by atoms with Crippen LogP contribution in [-0.2, 0) is 6.54 Å². The molecule has 0 radical (unpaired) electrons. The van der Waals surface area contributed by atoms with Crippen LogP contribution in [0.2, 0.25) is 0 Å². The fraction of sp³-hybridized carbons (Fsp3) is 0.167. The van der Waals surface area contributed by atoms with E-state index in [9.17, 15) is 5.11 Å². The second kappa shape index (κ2) is 6.49. The number of rotatable bonds is 3. The SMILES string of the molecule is Cc1cc(C)cc(NCc2ccc3c(Br)cc(Br)c(O)c3n2)c1. The number of fused-ring (bicyclic) bond motifs is 1. The summed E-state index contributed by atoms with van der Waals surface area (Å²) in [5.41, 5.74) is 4.99. The average Bonchev–Trinajstić information content (AvgIpc) is 2.49. The summed E-state index contributed by atoms with van der Waals surface area (Å²) in [6.07, 6.45) is 0. The van der Waals surface area contributed by atoms with Gasteiger partial charge in [0, 0.05) is 15.5 Å². The number of phenols is 1. The van der Waals surface area contributed by atoms with Crippen LogP contribution in [0.1, 0.15) is 16.8 Å². The second-order valence-electron chi connectivity index (χ2n) is 5.62. The maximum absolute atomic E-state index is 10.2. The first-order valence-electron chi connectivity index (χ1n) is 7.23. The van der Waals surface area contributed by atoms with E-state index < -0.39 is 0 Å². The van der Waals surface area contributed by atoms with Gasteiger partial charge in [-0.1, -0.05) is 22.0 Å². The molecule has 0 atom stereocenters. The van der Waals surface area contributed by atoms with E-state index in [1.165, 1.54) is 11.1 Å². The maximum Gasteiger partial charge on any atom is 0.156 e. The highest BCUT2D eigenvalue weighted by atomic mass is 79.9. The first-order valence-corrected chi connectivity index (χ1v) is 8.81. The van der Waals surface area contributed by atoms with Crippen molar-refractivity contribution in [2.24, 2.45) is 0 Å². The van der Waals surface area contributed by atoms with E-state index in [1.807, 2.05) is 18.2 Å². The lowest BCUT2D eigenvalue weighted by molar-refractivity contribution is 0.477. The summed E-state index contributed by atoms with van der Waals surface area (Å²) in [6, 6.07) is 12.1. The van der Waals surface area contributed by atoms with Gasteiger partial charge in [0.25, 0.3) is 0 Å². The van der Waals surface area contributed by atoms with Crippen molar-refractivity contribution in [2.45, 2.75) is 20.4 Å². The number of hydrogen-bond acceptors (Lipinski definition) is 3. The van der Waals surface area contributed by atoms with Crippen LogP contribution in [0.5, 0.6) is 5.75 Å². The number of pyridine rings is 1. The fourth-order valence-corrected chi connectivity index (χ4v) is 3.88. The lowest BCUT2D eigenvalue weighted by Crippen LogP contribution is -2.02. The molecule has 0 aliphatic heterocycles. The molecule has 2 N–H and O–H groups in total. The third-order valence-electron chi connectivity index (χ3n) is 3.61. The van der Waals surface area contributed by atoms with Gasteiger partial charge in [-0.25, -0.2) is 4.98 Å². The van der Waals surface area contributed by atoms with Crippen LogP contribution in [0, 0.1) is 13.8 Å². The Kier molecular flexibility index (Phi) is 4.60. The Hall–Kier alpha value is -1.59. The number of halogens is 2. The Bertz CT molecular complexity index is 874. The van der Waals surface area contributed by atoms with Gasteiger partial charge in [0.15, 0.2) is 5.75 Å². The number of aromatic hydroxyl groups is 1. The van der Waals surface area contributed by atoms with Crippen LogP contribution in [0.3, 0.4) is 0 Å². The molecule has 0 amide bonds. The van der Waals surface area contributed by atoms with Crippen LogP contribution in [0.4, 0.5) is 5.69 Å². The van der Waals surface area contributed by atoms with Gasteiger partial charge in [-0.3, -0.25) is 0 Å². The fourth-order valence-electron chi connectivity index (χ4n) is 2.61. The summed E-state index contributed by atoms with van der Waals surface area (Å²) < 4.78 is 1.53. The Morgan fingerprint density at radius 3 is 2.39 bits per heavy atom.